The van der Waals surface area contributed by atoms with Gasteiger partial charge in [0, 0.05) is 12.6 Å². The molecule has 0 saturated heterocycles. The Balaban J connectivity index is 1.77. The molecule has 6 heteroatoms. The highest BCUT2D eigenvalue weighted by atomic mass is 32.2. The van der Waals surface area contributed by atoms with E-state index in [0.717, 1.165) is 18.0 Å². The third kappa shape index (κ3) is 3.60. The monoisotopic (exact) mass is 266 g/mol. The maximum absolute atomic E-state index is 11.8. The molecule has 1 aromatic rings. The summed E-state index contributed by atoms with van der Waals surface area (Å²) in [5.41, 5.74) is 0. The Hall–Kier alpha value is -1.30. The molecule has 0 aliphatic heterocycles. The number of hydrogen-bond acceptors (Lipinski definition) is 4. The summed E-state index contributed by atoms with van der Waals surface area (Å²) in [6, 6.07) is 0.379. The third-order valence-corrected chi connectivity index (χ3v) is 3.94. The number of carbonyl (C=O) groups is 1. The Labute approximate surface area is 111 Å². The molecule has 0 atom stereocenters. The van der Waals surface area contributed by atoms with E-state index < -0.39 is 0 Å². The van der Waals surface area contributed by atoms with Crippen LogP contribution < -0.4 is 5.32 Å². The molecular formula is C12H18N4OS. The van der Waals surface area contributed by atoms with E-state index in [0.29, 0.717) is 18.3 Å². The van der Waals surface area contributed by atoms with E-state index >= 15 is 0 Å². The van der Waals surface area contributed by atoms with Gasteiger partial charge in [-0.05, 0) is 12.8 Å². The lowest BCUT2D eigenvalue weighted by molar-refractivity contribution is -0.119. The second-order valence-corrected chi connectivity index (χ2v) is 5.33. The molecule has 1 aliphatic carbocycles. The van der Waals surface area contributed by atoms with Crippen LogP contribution in [0.1, 0.15) is 25.7 Å². The largest absolute Gasteiger partial charge is 0.353 e. The van der Waals surface area contributed by atoms with Crippen LogP contribution in [0.3, 0.4) is 0 Å². The van der Waals surface area contributed by atoms with E-state index in [1.807, 2.05) is 4.57 Å². The number of rotatable bonds is 6. The number of amides is 1. The van der Waals surface area contributed by atoms with E-state index in [1.54, 1.807) is 12.4 Å². The standard InChI is InChI=1S/C12H18N4OS/c1-2-7-16-9-13-15-12(16)18-8-11(17)14-10-5-3-4-6-10/h2,9-10H,1,3-8H2,(H,14,17). The highest BCUT2D eigenvalue weighted by Crippen LogP contribution is 2.18. The molecule has 1 aromatic heterocycles. The fourth-order valence-electron chi connectivity index (χ4n) is 2.09. The van der Waals surface area contributed by atoms with Crippen LogP contribution in [-0.4, -0.2) is 32.5 Å². The highest BCUT2D eigenvalue weighted by Gasteiger charge is 2.17. The lowest BCUT2D eigenvalue weighted by atomic mass is 10.2. The zero-order chi connectivity index (χ0) is 12.8. The number of carbonyl (C=O) groups excluding carboxylic acids is 1. The molecule has 1 fully saturated rings. The SMILES string of the molecule is C=CCn1cnnc1SCC(=O)NC1CCCC1. The molecule has 1 N–H and O–H groups in total. The minimum atomic E-state index is 0.0834. The van der Waals surface area contributed by atoms with Gasteiger partial charge in [0.2, 0.25) is 5.91 Å². The van der Waals surface area contributed by atoms with Gasteiger partial charge in [0.05, 0.1) is 5.75 Å². The van der Waals surface area contributed by atoms with Gasteiger partial charge in [-0.25, -0.2) is 0 Å². The van der Waals surface area contributed by atoms with Crippen LogP contribution in [0, 0.1) is 0 Å². The molecule has 0 radical (unpaired) electrons. The van der Waals surface area contributed by atoms with E-state index in [1.165, 1.54) is 24.6 Å². The number of thioether (sulfide) groups is 1. The quantitative estimate of drug-likeness (QED) is 0.628. The van der Waals surface area contributed by atoms with Crippen molar-refractivity contribution in [3.8, 4) is 0 Å². The van der Waals surface area contributed by atoms with Crippen molar-refractivity contribution in [2.45, 2.75) is 43.4 Å². The van der Waals surface area contributed by atoms with Gasteiger partial charge in [-0.3, -0.25) is 4.79 Å². The molecule has 1 amide bonds. The van der Waals surface area contributed by atoms with Crippen LogP contribution in [0.25, 0.3) is 0 Å². The van der Waals surface area contributed by atoms with Crippen molar-refractivity contribution in [1.82, 2.24) is 20.1 Å². The van der Waals surface area contributed by atoms with Crippen LogP contribution in [-0.2, 0) is 11.3 Å². The number of allylic oxidation sites excluding steroid dienone is 1. The zero-order valence-electron chi connectivity index (χ0n) is 10.3. The van der Waals surface area contributed by atoms with E-state index in [4.69, 9.17) is 0 Å². The molecule has 2 rings (SSSR count). The first-order chi connectivity index (χ1) is 8.79. The summed E-state index contributed by atoms with van der Waals surface area (Å²) >= 11 is 1.41. The molecular weight excluding hydrogens is 248 g/mol. The summed E-state index contributed by atoms with van der Waals surface area (Å²) < 4.78 is 1.88. The van der Waals surface area contributed by atoms with Crippen LogP contribution in [0.15, 0.2) is 24.1 Å². The molecule has 0 aromatic carbocycles. The van der Waals surface area contributed by atoms with Gasteiger partial charge in [-0.15, -0.1) is 16.8 Å². The summed E-state index contributed by atoms with van der Waals surface area (Å²) in [5.74, 6) is 0.479. The second kappa shape index (κ2) is 6.58. The first-order valence-corrected chi connectivity index (χ1v) is 7.19. The Morgan fingerprint density at radius 2 is 2.39 bits per heavy atom. The summed E-state index contributed by atoms with van der Waals surface area (Å²) in [6.45, 7) is 4.34. The second-order valence-electron chi connectivity index (χ2n) is 4.39. The predicted octanol–water partition coefficient (Wildman–Crippen LogP) is 1.61. The average molecular weight is 266 g/mol. The fourth-order valence-corrected chi connectivity index (χ4v) is 2.83. The summed E-state index contributed by atoms with van der Waals surface area (Å²) in [5, 5.41) is 11.6. The summed E-state index contributed by atoms with van der Waals surface area (Å²) in [4.78, 5) is 11.8. The van der Waals surface area contributed by atoms with E-state index in [2.05, 4.69) is 22.1 Å². The molecule has 0 bridgehead atoms. The number of nitrogens with one attached hydrogen (secondary N) is 1. The molecule has 1 heterocycles. The Morgan fingerprint density at radius 3 is 3.11 bits per heavy atom. The summed E-state index contributed by atoms with van der Waals surface area (Å²) in [6.07, 6.45) is 8.12. The van der Waals surface area contributed by atoms with Gasteiger partial charge < -0.3 is 9.88 Å². The smallest absolute Gasteiger partial charge is 0.230 e. The van der Waals surface area contributed by atoms with Crippen molar-refractivity contribution < 1.29 is 4.79 Å². The lowest BCUT2D eigenvalue weighted by Gasteiger charge is -2.11. The topological polar surface area (TPSA) is 59.8 Å². The molecule has 0 unspecified atom stereocenters. The molecule has 1 aliphatic rings. The number of hydrogen-bond donors (Lipinski definition) is 1. The van der Waals surface area contributed by atoms with Crippen LogP contribution in [0.4, 0.5) is 0 Å². The van der Waals surface area contributed by atoms with Gasteiger partial charge in [0.15, 0.2) is 5.16 Å². The first kappa shape index (κ1) is 13.1. The molecule has 5 nitrogen and oxygen atoms in total. The van der Waals surface area contributed by atoms with E-state index in [-0.39, 0.29) is 5.91 Å². The van der Waals surface area contributed by atoms with E-state index in [9.17, 15) is 4.79 Å². The molecule has 0 spiro atoms. The fraction of sp³-hybridized carbons (Fsp3) is 0.583. The van der Waals surface area contributed by atoms with Gasteiger partial charge in [-0.1, -0.05) is 30.7 Å². The minimum absolute atomic E-state index is 0.0834. The van der Waals surface area contributed by atoms with Crippen molar-refractivity contribution in [3.63, 3.8) is 0 Å². The molecule has 18 heavy (non-hydrogen) atoms. The number of aromatic nitrogens is 3. The molecule has 98 valence electrons. The maximum Gasteiger partial charge on any atom is 0.230 e. The lowest BCUT2D eigenvalue weighted by Crippen LogP contribution is -2.33. The summed E-state index contributed by atoms with van der Waals surface area (Å²) in [7, 11) is 0. The highest BCUT2D eigenvalue weighted by molar-refractivity contribution is 7.99. The van der Waals surface area contributed by atoms with Crippen molar-refractivity contribution in [1.29, 1.82) is 0 Å². The minimum Gasteiger partial charge on any atom is -0.353 e. The number of nitrogens with zero attached hydrogens (tertiary/aromatic N) is 3. The normalized spacial score (nSPS) is 15.8. The zero-order valence-corrected chi connectivity index (χ0v) is 11.2. The van der Waals surface area contributed by atoms with Crippen LogP contribution >= 0.6 is 11.8 Å². The molecule has 1 saturated carbocycles. The van der Waals surface area contributed by atoms with Crippen molar-refractivity contribution in [2.24, 2.45) is 0 Å². The van der Waals surface area contributed by atoms with Crippen LogP contribution in [0.2, 0.25) is 0 Å². The van der Waals surface area contributed by atoms with Gasteiger partial charge >= 0.3 is 0 Å². The third-order valence-electron chi connectivity index (χ3n) is 2.96. The average Bonchev–Trinajstić information content (AvgIpc) is 2.99. The van der Waals surface area contributed by atoms with Gasteiger partial charge in [0.25, 0.3) is 0 Å². The van der Waals surface area contributed by atoms with Crippen molar-refractivity contribution >= 4 is 17.7 Å². The Morgan fingerprint density at radius 1 is 1.61 bits per heavy atom. The van der Waals surface area contributed by atoms with Gasteiger partial charge in [0.1, 0.15) is 6.33 Å². The van der Waals surface area contributed by atoms with Gasteiger partial charge in [-0.2, -0.15) is 0 Å². The van der Waals surface area contributed by atoms with Crippen molar-refractivity contribution in [2.75, 3.05) is 5.75 Å². The first-order valence-electron chi connectivity index (χ1n) is 6.20. The Bertz CT molecular complexity index is 412. The predicted molar refractivity (Wildman–Crippen MR) is 71.3 cm³/mol. The Kier molecular flexibility index (Phi) is 4.81. The maximum atomic E-state index is 11.8. The van der Waals surface area contributed by atoms with Crippen LogP contribution in [0.5, 0.6) is 0 Å². The van der Waals surface area contributed by atoms with Crippen molar-refractivity contribution in [3.05, 3.63) is 19.0 Å².